The maximum Gasteiger partial charge on any atom is 0.303 e. The third-order valence-electron chi connectivity index (χ3n) is 3.53. The highest BCUT2D eigenvalue weighted by molar-refractivity contribution is 6.17. The van der Waals surface area contributed by atoms with Crippen LogP contribution in [0.1, 0.15) is 17.5 Å². The molecule has 0 aromatic heterocycles. The molecule has 0 aliphatic carbocycles. The molecule has 122 valence electrons. The smallest absolute Gasteiger partial charge is 0.303 e. The van der Waals surface area contributed by atoms with E-state index in [0.717, 1.165) is 16.0 Å². The largest absolute Gasteiger partial charge is 0.481 e. The van der Waals surface area contributed by atoms with E-state index in [1.807, 2.05) is 19.1 Å². The standard InChI is InChI=1S/C16H18N2O5/c1-10-2-3-11(4-5-15(21)22)8-12(10)17-13-9-14(20)18(6-7-19)16(13)23/h2-3,8-9,17,19H,4-7H2,1H3,(H,21,22). The second kappa shape index (κ2) is 7.06. The molecule has 0 atom stereocenters. The first-order valence-corrected chi connectivity index (χ1v) is 7.19. The van der Waals surface area contributed by atoms with Gasteiger partial charge in [0.15, 0.2) is 0 Å². The number of carbonyl (C=O) groups is 3. The number of aliphatic carboxylic acids is 1. The van der Waals surface area contributed by atoms with E-state index in [1.54, 1.807) is 6.07 Å². The molecule has 0 radical (unpaired) electrons. The molecule has 1 aromatic rings. The van der Waals surface area contributed by atoms with Gasteiger partial charge in [0.25, 0.3) is 11.8 Å². The predicted octanol–water partition coefficient (Wildman–Crippen LogP) is 0.669. The number of nitrogens with one attached hydrogen (secondary N) is 1. The summed E-state index contributed by atoms with van der Waals surface area (Å²) in [6, 6.07) is 5.43. The highest BCUT2D eigenvalue weighted by atomic mass is 16.4. The van der Waals surface area contributed by atoms with Crippen LogP contribution >= 0.6 is 0 Å². The molecule has 0 spiro atoms. The zero-order chi connectivity index (χ0) is 17.0. The lowest BCUT2D eigenvalue weighted by Gasteiger charge is -2.15. The summed E-state index contributed by atoms with van der Waals surface area (Å²) >= 11 is 0. The van der Waals surface area contributed by atoms with Crippen LogP contribution in [0, 0.1) is 6.92 Å². The molecule has 2 amide bonds. The number of carboxylic acid groups (broad SMARTS) is 1. The maximum absolute atomic E-state index is 12.1. The molecule has 7 nitrogen and oxygen atoms in total. The fraction of sp³-hybridized carbons (Fsp3) is 0.312. The number of anilines is 1. The molecule has 2 rings (SSSR count). The van der Waals surface area contributed by atoms with Gasteiger partial charge in [0.2, 0.25) is 0 Å². The second-order valence-electron chi connectivity index (χ2n) is 5.24. The molecule has 1 aliphatic rings. The number of carboxylic acids is 1. The molecule has 0 bridgehead atoms. The van der Waals surface area contributed by atoms with Crippen LogP contribution < -0.4 is 5.32 Å². The molecular weight excluding hydrogens is 300 g/mol. The molecule has 23 heavy (non-hydrogen) atoms. The molecule has 0 saturated carbocycles. The Hall–Kier alpha value is -2.67. The number of carbonyl (C=O) groups excluding carboxylic acids is 2. The van der Waals surface area contributed by atoms with Gasteiger partial charge >= 0.3 is 5.97 Å². The normalized spacial score (nSPS) is 14.2. The van der Waals surface area contributed by atoms with E-state index in [4.69, 9.17) is 10.2 Å². The topological polar surface area (TPSA) is 107 Å². The first-order valence-electron chi connectivity index (χ1n) is 7.19. The van der Waals surface area contributed by atoms with Gasteiger partial charge in [0.1, 0.15) is 5.70 Å². The van der Waals surface area contributed by atoms with Gasteiger partial charge in [-0.15, -0.1) is 0 Å². The first kappa shape index (κ1) is 16.7. The minimum atomic E-state index is -0.876. The lowest BCUT2D eigenvalue weighted by Crippen LogP contribution is -2.34. The Labute approximate surface area is 133 Å². The molecule has 3 N–H and O–H groups in total. The van der Waals surface area contributed by atoms with Gasteiger partial charge in [0.05, 0.1) is 13.2 Å². The van der Waals surface area contributed by atoms with E-state index < -0.39 is 17.8 Å². The van der Waals surface area contributed by atoms with Crippen LogP contribution in [0.2, 0.25) is 0 Å². The van der Waals surface area contributed by atoms with Crippen molar-refractivity contribution in [1.82, 2.24) is 4.90 Å². The van der Waals surface area contributed by atoms with Crippen molar-refractivity contribution in [3.05, 3.63) is 41.1 Å². The minimum absolute atomic E-state index is 0.0207. The van der Waals surface area contributed by atoms with Gasteiger partial charge in [-0.2, -0.15) is 0 Å². The lowest BCUT2D eigenvalue weighted by molar-refractivity contribution is -0.138. The van der Waals surface area contributed by atoms with Crippen LogP contribution in [0.15, 0.2) is 30.0 Å². The number of aliphatic hydroxyl groups is 1. The maximum atomic E-state index is 12.1. The summed E-state index contributed by atoms with van der Waals surface area (Å²) in [5.41, 5.74) is 2.48. The van der Waals surface area contributed by atoms with Gasteiger partial charge < -0.3 is 15.5 Å². The Morgan fingerprint density at radius 3 is 2.70 bits per heavy atom. The number of β-amino-alcohol motifs (C(OH)–C–C–N with tert-alkyl or cyclic N) is 1. The Morgan fingerprint density at radius 2 is 2.04 bits per heavy atom. The first-order chi connectivity index (χ1) is 10.9. The summed E-state index contributed by atoms with van der Waals surface area (Å²) in [4.78, 5) is 35.4. The number of amides is 2. The molecular formula is C16H18N2O5. The van der Waals surface area contributed by atoms with Crippen LogP contribution in [-0.2, 0) is 20.8 Å². The lowest BCUT2D eigenvalue weighted by atomic mass is 10.1. The van der Waals surface area contributed by atoms with Crippen LogP contribution in [0.5, 0.6) is 0 Å². The van der Waals surface area contributed by atoms with Crippen LogP contribution in [-0.4, -0.2) is 46.0 Å². The van der Waals surface area contributed by atoms with Crippen molar-refractivity contribution in [2.75, 3.05) is 18.5 Å². The number of nitrogens with zero attached hydrogens (tertiary/aromatic N) is 1. The number of aliphatic hydroxyl groups excluding tert-OH is 1. The van der Waals surface area contributed by atoms with Crippen molar-refractivity contribution < 1.29 is 24.6 Å². The zero-order valence-electron chi connectivity index (χ0n) is 12.7. The zero-order valence-corrected chi connectivity index (χ0v) is 12.7. The average molecular weight is 318 g/mol. The van der Waals surface area contributed by atoms with E-state index in [9.17, 15) is 14.4 Å². The third-order valence-corrected chi connectivity index (χ3v) is 3.53. The summed E-state index contributed by atoms with van der Waals surface area (Å²) in [5.74, 6) is -1.83. The van der Waals surface area contributed by atoms with Crippen molar-refractivity contribution in [3.63, 3.8) is 0 Å². The third kappa shape index (κ3) is 3.95. The van der Waals surface area contributed by atoms with Gasteiger partial charge in [-0.1, -0.05) is 12.1 Å². The summed E-state index contributed by atoms with van der Waals surface area (Å²) in [5, 5.41) is 20.5. The number of benzene rings is 1. The van der Waals surface area contributed by atoms with Gasteiger partial charge in [0, 0.05) is 18.2 Å². The van der Waals surface area contributed by atoms with Crippen molar-refractivity contribution in [2.45, 2.75) is 19.8 Å². The number of aryl methyl sites for hydroxylation is 2. The molecule has 1 heterocycles. The van der Waals surface area contributed by atoms with E-state index in [2.05, 4.69) is 5.32 Å². The molecule has 7 heteroatoms. The summed E-state index contributed by atoms with van der Waals surface area (Å²) in [6.45, 7) is 1.51. The molecule has 1 aromatic carbocycles. The van der Waals surface area contributed by atoms with Gasteiger partial charge in [-0.3, -0.25) is 19.3 Å². The van der Waals surface area contributed by atoms with Crippen molar-refractivity contribution in [3.8, 4) is 0 Å². The minimum Gasteiger partial charge on any atom is -0.481 e. The SMILES string of the molecule is Cc1ccc(CCC(=O)O)cc1NC1=CC(=O)N(CCO)C1=O. The fourth-order valence-electron chi connectivity index (χ4n) is 2.27. The summed E-state index contributed by atoms with van der Waals surface area (Å²) in [6.07, 6.45) is 1.60. The monoisotopic (exact) mass is 318 g/mol. The Kier molecular flexibility index (Phi) is 5.13. The predicted molar refractivity (Wildman–Crippen MR) is 82.6 cm³/mol. The Morgan fingerprint density at radius 1 is 1.30 bits per heavy atom. The van der Waals surface area contributed by atoms with Crippen LogP contribution in [0.25, 0.3) is 0 Å². The van der Waals surface area contributed by atoms with E-state index >= 15 is 0 Å². The quantitative estimate of drug-likeness (QED) is 0.638. The van der Waals surface area contributed by atoms with E-state index in [-0.39, 0.29) is 25.3 Å². The van der Waals surface area contributed by atoms with Crippen LogP contribution in [0.4, 0.5) is 5.69 Å². The Balaban J connectivity index is 2.15. The highest BCUT2D eigenvalue weighted by Crippen LogP contribution is 2.22. The van der Waals surface area contributed by atoms with Crippen molar-refractivity contribution >= 4 is 23.5 Å². The number of imide groups is 1. The van der Waals surface area contributed by atoms with Crippen LogP contribution in [0.3, 0.4) is 0 Å². The van der Waals surface area contributed by atoms with Gasteiger partial charge in [-0.05, 0) is 30.5 Å². The number of rotatable bonds is 7. The van der Waals surface area contributed by atoms with E-state index in [1.165, 1.54) is 6.08 Å². The second-order valence-corrected chi connectivity index (χ2v) is 5.24. The van der Waals surface area contributed by atoms with Gasteiger partial charge in [-0.25, -0.2) is 0 Å². The van der Waals surface area contributed by atoms with E-state index in [0.29, 0.717) is 12.1 Å². The number of hydrogen-bond donors (Lipinski definition) is 3. The molecule has 0 fully saturated rings. The molecule has 0 unspecified atom stereocenters. The average Bonchev–Trinajstić information content (AvgIpc) is 2.76. The van der Waals surface area contributed by atoms with Crippen molar-refractivity contribution in [2.24, 2.45) is 0 Å². The summed E-state index contributed by atoms with van der Waals surface area (Å²) in [7, 11) is 0. The summed E-state index contributed by atoms with van der Waals surface area (Å²) < 4.78 is 0. The molecule has 0 saturated heterocycles. The van der Waals surface area contributed by atoms with Crippen molar-refractivity contribution in [1.29, 1.82) is 0 Å². The highest BCUT2D eigenvalue weighted by Gasteiger charge is 2.30. The molecule has 1 aliphatic heterocycles. The number of hydrogen-bond acceptors (Lipinski definition) is 5. The fourth-order valence-corrected chi connectivity index (χ4v) is 2.27. The Bertz CT molecular complexity index is 681.